The molecule has 1 aromatic heterocycles. The molecule has 3 aromatic rings. The summed E-state index contributed by atoms with van der Waals surface area (Å²) in [5, 5.41) is 1.67. The lowest BCUT2D eigenvalue weighted by Gasteiger charge is -2.05. The summed E-state index contributed by atoms with van der Waals surface area (Å²) in [6, 6.07) is 11.2. The van der Waals surface area contributed by atoms with E-state index >= 15 is 0 Å². The molecule has 0 saturated carbocycles. The van der Waals surface area contributed by atoms with Crippen molar-refractivity contribution in [2.45, 2.75) is 12.8 Å². The Labute approximate surface area is 152 Å². The molecule has 0 aliphatic carbocycles. The number of carbonyl (C=O) groups is 1. The minimum absolute atomic E-state index is 0.00862. The lowest BCUT2D eigenvalue weighted by atomic mass is 10.1. The van der Waals surface area contributed by atoms with E-state index in [1.54, 1.807) is 36.4 Å². The normalized spacial score (nSPS) is 11.0. The molecule has 0 bridgehead atoms. The second-order valence-corrected chi connectivity index (χ2v) is 6.50. The molecule has 0 fully saturated rings. The minimum Gasteiger partial charge on any atom is -0.451 e. The quantitative estimate of drug-likeness (QED) is 0.555. The molecule has 0 N–H and O–H groups in total. The van der Waals surface area contributed by atoms with Gasteiger partial charge in [-0.05, 0) is 36.2 Å². The second kappa shape index (κ2) is 6.98. The summed E-state index contributed by atoms with van der Waals surface area (Å²) in [4.78, 5) is 24.5. The Kier molecular flexibility index (Phi) is 4.95. The fourth-order valence-corrected chi connectivity index (χ4v) is 3.09. The lowest BCUT2D eigenvalue weighted by molar-refractivity contribution is 0.0956. The van der Waals surface area contributed by atoms with Gasteiger partial charge in [-0.25, -0.2) is 0 Å². The average Bonchev–Trinajstić information content (AvgIpc) is 2.54. The first-order valence-electron chi connectivity index (χ1n) is 7.15. The number of carbonyl (C=O) groups excluding carboxylic acids is 1. The Bertz CT molecular complexity index is 992. The van der Waals surface area contributed by atoms with Gasteiger partial charge in [-0.2, -0.15) is 0 Å². The number of aryl methyl sites for hydroxylation is 1. The van der Waals surface area contributed by atoms with Crippen molar-refractivity contribution in [3.8, 4) is 0 Å². The van der Waals surface area contributed by atoms with Gasteiger partial charge in [-0.1, -0.05) is 46.9 Å². The molecule has 0 aliphatic rings. The van der Waals surface area contributed by atoms with E-state index < -0.39 is 0 Å². The molecule has 0 spiro atoms. The van der Waals surface area contributed by atoms with E-state index in [2.05, 4.69) is 0 Å². The molecule has 3 rings (SSSR count). The number of halogens is 3. The van der Waals surface area contributed by atoms with Crippen LogP contribution in [-0.4, -0.2) is 5.78 Å². The maximum absolute atomic E-state index is 12.4. The molecule has 0 atom stereocenters. The second-order valence-electron chi connectivity index (χ2n) is 5.25. The van der Waals surface area contributed by atoms with Crippen LogP contribution in [0.15, 0.2) is 51.7 Å². The highest BCUT2D eigenvalue weighted by atomic mass is 35.5. The van der Waals surface area contributed by atoms with Crippen molar-refractivity contribution in [2.75, 3.05) is 0 Å². The minimum atomic E-state index is -0.299. The van der Waals surface area contributed by atoms with Crippen LogP contribution in [0.25, 0.3) is 11.0 Å². The Hall–Kier alpha value is -1.81. The highest BCUT2D eigenvalue weighted by Crippen LogP contribution is 2.24. The van der Waals surface area contributed by atoms with Gasteiger partial charge in [0.05, 0.1) is 10.4 Å². The first kappa shape index (κ1) is 17.0. The van der Waals surface area contributed by atoms with Crippen molar-refractivity contribution in [1.82, 2.24) is 0 Å². The van der Waals surface area contributed by atoms with Crippen molar-refractivity contribution in [2.24, 2.45) is 0 Å². The molecule has 1 heterocycles. The van der Waals surface area contributed by atoms with E-state index in [1.807, 2.05) is 0 Å². The molecule has 0 amide bonds. The molecule has 122 valence electrons. The van der Waals surface area contributed by atoms with Crippen LogP contribution in [0, 0.1) is 0 Å². The first-order valence-corrected chi connectivity index (χ1v) is 8.28. The zero-order valence-corrected chi connectivity index (χ0v) is 14.6. The van der Waals surface area contributed by atoms with Gasteiger partial charge in [0.2, 0.25) is 0 Å². The van der Waals surface area contributed by atoms with Crippen molar-refractivity contribution < 1.29 is 9.21 Å². The van der Waals surface area contributed by atoms with Gasteiger partial charge in [-0.15, -0.1) is 0 Å². The van der Waals surface area contributed by atoms with Crippen LogP contribution in [0.5, 0.6) is 0 Å². The van der Waals surface area contributed by atoms with Gasteiger partial charge in [-0.3, -0.25) is 9.59 Å². The Morgan fingerprint density at radius 2 is 1.79 bits per heavy atom. The van der Waals surface area contributed by atoms with E-state index in [9.17, 15) is 9.59 Å². The molecule has 24 heavy (non-hydrogen) atoms. The number of benzene rings is 2. The van der Waals surface area contributed by atoms with E-state index in [1.165, 1.54) is 6.07 Å². The van der Waals surface area contributed by atoms with E-state index in [-0.39, 0.29) is 29.0 Å². The van der Waals surface area contributed by atoms with Gasteiger partial charge < -0.3 is 4.42 Å². The molecular weight excluding hydrogens is 371 g/mol. The summed E-state index contributed by atoms with van der Waals surface area (Å²) in [6.07, 6.45) is 0.569. The fourth-order valence-electron chi connectivity index (χ4n) is 2.38. The third-order valence-corrected chi connectivity index (χ3v) is 4.50. The Morgan fingerprint density at radius 1 is 1.00 bits per heavy atom. The number of hydrogen-bond acceptors (Lipinski definition) is 3. The van der Waals surface area contributed by atoms with Gasteiger partial charge in [0.25, 0.3) is 0 Å². The molecule has 6 heteroatoms. The summed E-state index contributed by atoms with van der Waals surface area (Å²) in [7, 11) is 0. The van der Waals surface area contributed by atoms with Gasteiger partial charge >= 0.3 is 0 Å². The number of fused-ring (bicyclic) bond motifs is 1. The van der Waals surface area contributed by atoms with E-state index in [4.69, 9.17) is 39.2 Å². The number of hydrogen-bond donors (Lipinski definition) is 0. The zero-order valence-electron chi connectivity index (χ0n) is 12.3. The van der Waals surface area contributed by atoms with Crippen molar-refractivity contribution in [3.63, 3.8) is 0 Å². The summed E-state index contributed by atoms with van der Waals surface area (Å²) < 4.78 is 5.54. The number of rotatable bonds is 4. The van der Waals surface area contributed by atoms with Crippen LogP contribution in [0.2, 0.25) is 15.1 Å². The van der Waals surface area contributed by atoms with Crippen molar-refractivity contribution in [1.29, 1.82) is 0 Å². The molecule has 0 saturated heterocycles. The van der Waals surface area contributed by atoms with Crippen LogP contribution >= 0.6 is 34.8 Å². The monoisotopic (exact) mass is 380 g/mol. The zero-order chi connectivity index (χ0) is 17.3. The van der Waals surface area contributed by atoms with Crippen LogP contribution in [-0.2, 0) is 6.42 Å². The lowest BCUT2D eigenvalue weighted by Crippen LogP contribution is -2.08. The van der Waals surface area contributed by atoms with Crippen molar-refractivity contribution >= 4 is 51.6 Å². The van der Waals surface area contributed by atoms with E-state index in [0.29, 0.717) is 26.9 Å². The van der Waals surface area contributed by atoms with E-state index in [0.717, 1.165) is 5.56 Å². The van der Waals surface area contributed by atoms with Gasteiger partial charge in [0.15, 0.2) is 22.6 Å². The molecule has 3 nitrogen and oxygen atoms in total. The standard InChI is InChI=1S/C18H11Cl3O3/c19-11-6-4-10(14(21)8-11)5-7-15(22)17-9-16(23)12-2-1-3-13(20)18(12)24-17/h1-4,6,8-9H,5,7H2. The van der Waals surface area contributed by atoms with Gasteiger partial charge in [0.1, 0.15) is 0 Å². The summed E-state index contributed by atoms with van der Waals surface area (Å²) in [5.74, 6) is -0.300. The third-order valence-electron chi connectivity index (χ3n) is 3.62. The van der Waals surface area contributed by atoms with Crippen LogP contribution in [0.1, 0.15) is 22.5 Å². The Balaban J connectivity index is 1.86. The van der Waals surface area contributed by atoms with Crippen LogP contribution in [0.3, 0.4) is 0 Å². The molecule has 2 aromatic carbocycles. The average molecular weight is 382 g/mol. The maximum atomic E-state index is 12.4. The maximum Gasteiger partial charge on any atom is 0.198 e. The highest BCUT2D eigenvalue weighted by molar-refractivity contribution is 6.35. The van der Waals surface area contributed by atoms with Gasteiger partial charge in [0, 0.05) is 22.5 Å². The smallest absolute Gasteiger partial charge is 0.198 e. The molecule has 0 aliphatic heterocycles. The largest absolute Gasteiger partial charge is 0.451 e. The SMILES string of the molecule is O=C(CCc1ccc(Cl)cc1Cl)c1cc(=O)c2cccc(Cl)c2o1. The fraction of sp³-hybridized carbons (Fsp3) is 0.111. The number of ketones is 1. The third kappa shape index (κ3) is 3.48. The Morgan fingerprint density at radius 3 is 2.54 bits per heavy atom. The predicted octanol–water partition coefficient (Wildman–Crippen LogP) is 5.57. The summed E-state index contributed by atoms with van der Waals surface area (Å²) >= 11 is 18.0. The number of para-hydroxylation sites is 1. The van der Waals surface area contributed by atoms with Crippen molar-refractivity contribution in [3.05, 3.63) is 79.1 Å². The highest BCUT2D eigenvalue weighted by Gasteiger charge is 2.14. The molecular formula is C18H11Cl3O3. The molecule has 0 unspecified atom stereocenters. The predicted molar refractivity (Wildman–Crippen MR) is 96.6 cm³/mol. The first-order chi connectivity index (χ1) is 11.5. The molecule has 0 radical (unpaired) electrons. The number of Topliss-reactive ketones (excluding diaryl/α,β-unsaturated/α-hetero) is 1. The summed E-state index contributed by atoms with van der Waals surface area (Å²) in [5.41, 5.74) is 0.724. The van der Waals surface area contributed by atoms with Crippen LogP contribution in [0.4, 0.5) is 0 Å². The topological polar surface area (TPSA) is 47.3 Å². The van der Waals surface area contributed by atoms with Crippen LogP contribution < -0.4 is 5.43 Å². The summed E-state index contributed by atoms with van der Waals surface area (Å²) in [6.45, 7) is 0.